The first-order valence-electron chi connectivity index (χ1n) is 9.36. The Morgan fingerprint density at radius 2 is 1.14 bits per heavy atom. The van der Waals surface area contributed by atoms with Crippen molar-refractivity contribution in [3.63, 3.8) is 0 Å². The Morgan fingerprint density at radius 1 is 0.750 bits per heavy atom. The molecule has 1 rings (SSSR count). The fourth-order valence-electron chi connectivity index (χ4n) is 2.28. The Hall–Kier alpha value is -2.03. The molecular formula is C19H34N2O7. The number of rotatable bonds is 1. The van der Waals surface area contributed by atoms with E-state index in [1.165, 1.54) is 0 Å². The quantitative estimate of drug-likeness (QED) is 0.481. The van der Waals surface area contributed by atoms with Crippen molar-refractivity contribution in [2.75, 3.05) is 13.2 Å². The number of hydrogen-bond acceptors (Lipinski definition) is 7. The summed E-state index contributed by atoms with van der Waals surface area (Å²) in [5.74, 6) is 0. The van der Waals surface area contributed by atoms with Gasteiger partial charge in [-0.3, -0.25) is 0 Å². The molecular weight excluding hydrogens is 368 g/mol. The molecule has 1 fully saturated rings. The molecule has 1 heterocycles. The van der Waals surface area contributed by atoms with Crippen LogP contribution in [0.15, 0.2) is 0 Å². The molecule has 0 spiro atoms. The van der Waals surface area contributed by atoms with Crippen molar-refractivity contribution in [2.24, 2.45) is 0 Å². The van der Waals surface area contributed by atoms with E-state index in [0.717, 1.165) is 5.01 Å². The number of carbonyl (C=O) groups excluding carboxylic acids is 3. The van der Waals surface area contributed by atoms with Gasteiger partial charge >= 0.3 is 18.3 Å². The summed E-state index contributed by atoms with van der Waals surface area (Å²) in [5, 5.41) is 1.52. The fraction of sp³-hybridized carbons (Fsp3) is 0.842. The molecule has 1 aliphatic rings. The van der Waals surface area contributed by atoms with E-state index in [9.17, 15) is 14.4 Å². The topological polar surface area (TPSA) is 94.6 Å². The van der Waals surface area contributed by atoms with Gasteiger partial charge in [0, 0.05) is 6.61 Å². The van der Waals surface area contributed by atoms with Gasteiger partial charge in [-0.25, -0.2) is 14.4 Å². The van der Waals surface area contributed by atoms with Gasteiger partial charge in [0.15, 0.2) is 0 Å². The zero-order chi connectivity index (χ0) is 21.9. The van der Waals surface area contributed by atoms with Crippen LogP contribution in [0.4, 0.5) is 14.4 Å². The van der Waals surface area contributed by atoms with Crippen LogP contribution >= 0.6 is 0 Å². The number of amides is 3. The number of ether oxygens (including phenoxy) is 4. The van der Waals surface area contributed by atoms with Gasteiger partial charge in [-0.2, -0.15) is 5.01 Å². The summed E-state index contributed by atoms with van der Waals surface area (Å²) >= 11 is 0. The number of hydrazine groups is 1. The van der Waals surface area contributed by atoms with E-state index in [1.807, 2.05) is 0 Å². The second kappa shape index (κ2) is 8.55. The van der Waals surface area contributed by atoms with Gasteiger partial charge in [-0.15, -0.1) is 5.01 Å². The normalized spacial score (nSPS) is 17.7. The Balaban J connectivity index is 3.33. The van der Waals surface area contributed by atoms with E-state index in [4.69, 9.17) is 18.9 Å². The number of nitrogens with zero attached hydrogens (tertiary/aromatic N) is 2. The molecule has 28 heavy (non-hydrogen) atoms. The second-order valence-corrected chi connectivity index (χ2v) is 9.61. The minimum absolute atomic E-state index is 0.154. The van der Waals surface area contributed by atoms with Crippen LogP contribution in [0.3, 0.4) is 0 Å². The first-order chi connectivity index (χ1) is 12.5. The maximum atomic E-state index is 12.9. The van der Waals surface area contributed by atoms with Crippen LogP contribution in [0.2, 0.25) is 0 Å². The summed E-state index contributed by atoms with van der Waals surface area (Å²) in [6, 6.07) is -0.574. The van der Waals surface area contributed by atoms with Crippen LogP contribution in [0.25, 0.3) is 0 Å². The third-order valence-corrected chi connectivity index (χ3v) is 3.18. The number of carbonyl (C=O) groups is 3. The summed E-state index contributed by atoms with van der Waals surface area (Å²) in [6.45, 7) is 15.6. The summed E-state index contributed by atoms with van der Waals surface area (Å²) in [6.07, 6.45) is -2.49. The van der Waals surface area contributed by atoms with Crippen LogP contribution < -0.4 is 0 Å². The predicted molar refractivity (Wildman–Crippen MR) is 102 cm³/mol. The molecule has 0 bridgehead atoms. The van der Waals surface area contributed by atoms with Crippen molar-refractivity contribution in [1.29, 1.82) is 0 Å². The molecule has 0 N–H and O–H groups in total. The highest BCUT2D eigenvalue weighted by Gasteiger charge is 2.44. The van der Waals surface area contributed by atoms with Crippen molar-refractivity contribution < 1.29 is 33.3 Å². The maximum Gasteiger partial charge on any atom is 0.439 e. The minimum atomic E-state index is -1.03. The van der Waals surface area contributed by atoms with E-state index < -0.39 is 41.1 Å². The Kier molecular flexibility index (Phi) is 7.33. The van der Waals surface area contributed by atoms with Gasteiger partial charge in [0.1, 0.15) is 16.8 Å². The molecule has 0 aliphatic carbocycles. The fourth-order valence-corrected chi connectivity index (χ4v) is 2.28. The van der Waals surface area contributed by atoms with Gasteiger partial charge in [0.25, 0.3) is 0 Å². The molecule has 0 aromatic carbocycles. The van der Waals surface area contributed by atoms with E-state index in [2.05, 4.69) is 0 Å². The summed E-state index contributed by atoms with van der Waals surface area (Å²) < 4.78 is 21.5. The monoisotopic (exact) mass is 402 g/mol. The molecule has 9 nitrogen and oxygen atoms in total. The van der Waals surface area contributed by atoms with E-state index >= 15 is 0 Å². The molecule has 162 valence electrons. The standard InChI is InChI=1S/C19H34N2O7/c1-17(2,3)26-14(22)20(13-10-11-25-12-13)21(15(23)27-18(4,5)6)16(24)28-19(7,8)9/h13H,10-12H2,1-9H3/t13-/m0/s1. The van der Waals surface area contributed by atoms with Crippen LogP contribution in [0, 0.1) is 0 Å². The first kappa shape index (κ1) is 24.0. The molecule has 0 unspecified atom stereocenters. The molecule has 1 saturated heterocycles. The molecule has 1 aliphatic heterocycles. The molecule has 0 saturated carbocycles. The predicted octanol–water partition coefficient (Wildman–Crippen LogP) is 4.10. The van der Waals surface area contributed by atoms with Crippen LogP contribution in [0.5, 0.6) is 0 Å². The SMILES string of the molecule is CC(C)(C)OC(=O)N(C(=O)OC(C)(C)C)N(C(=O)OC(C)(C)C)[C@H]1CCOC1. The molecule has 0 aromatic rings. The van der Waals surface area contributed by atoms with Crippen molar-refractivity contribution in [3.8, 4) is 0 Å². The van der Waals surface area contributed by atoms with E-state index in [1.54, 1.807) is 62.3 Å². The zero-order valence-corrected chi connectivity index (χ0v) is 18.5. The van der Waals surface area contributed by atoms with Crippen LogP contribution in [0.1, 0.15) is 68.7 Å². The third kappa shape index (κ3) is 7.92. The Morgan fingerprint density at radius 3 is 1.46 bits per heavy atom. The van der Waals surface area contributed by atoms with E-state index in [-0.39, 0.29) is 6.61 Å². The Bertz CT molecular complexity index is 551. The molecule has 1 atom stereocenters. The second-order valence-electron chi connectivity index (χ2n) is 9.61. The molecule has 3 amide bonds. The lowest BCUT2D eigenvalue weighted by molar-refractivity contribution is -0.0830. The van der Waals surface area contributed by atoms with Gasteiger partial charge < -0.3 is 18.9 Å². The summed E-state index contributed by atoms with van der Waals surface area (Å²) in [5.41, 5.74) is -2.60. The Labute approximate surface area is 167 Å². The maximum absolute atomic E-state index is 12.9. The highest BCUT2D eigenvalue weighted by molar-refractivity contribution is 5.90. The highest BCUT2D eigenvalue weighted by atomic mass is 16.6. The third-order valence-electron chi connectivity index (χ3n) is 3.18. The average molecular weight is 402 g/mol. The van der Waals surface area contributed by atoms with Crippen LogP contribution in [-0.4, -0.2) is 64.4 Å². The summed E-state index contributed by atoms with van der Waals surface area (Å²) in [7, 11) is 0. The lowest BCUT2D eigenvalue weighted by atomic mass is 10.2. The lowest BCUT2D eigenvalue weighted by Gasteiger charge is -2.38. The smallest absolute Gasteiger partial charge is 0.439 e. The zero-order valence-electron chi connectivity index (χ0n) is 18.5. The number of hydrogen-bond donors (Lipinski definition) is 0. The average Bonchev–Trinajstić information content (AvgIpc) is 2.91. The molecule has 0 aromatic heterocycles. The molecule has 9 heteroatoms. The number of imide groups is 1. The molecule has 0 radical (unpaired) electrons. The largest absolute Gasteiger partial charge is 0.442 e. The van der Waals surface area contributed by atoms with Gasteiger partial charge in [-0.1, -0.05) is 0 Å². The van der Waals surface area contributed by atoms with Gasteiger partial charge in [-0.05, 0) is 68.7 Å². The van der Waals surface area contributed by atoms with Crippen molar-refractivity contribution in [2.45, 2.75) is 91.6 Å². The van der Waals surface area contributed by atoms with E-state index in [0.29, 0.717) is 18.0 Å². The van der Waals surface area contributed by atoms with Gasteiger partial charge in [0.2, 0.25) is 0 Å². The van der Waals surface area contributed by atoms with Crippen LogP contribution in [-0.2, 0) is 18.9 Å². The van der Waals surface area contributed by atoms with Crippen molar-refractivity contribution in [3.05, 3.63) is 0 Å². The highest BCUT2D eigenvalue weighted by Crippen LogP contribution is 2.24. The summed E-state index contributed by atoms with van der Waals surface area (Å²) in [4.78, 5) is 38.7. The first-order valence-corrected chi connectivity index (χ1v) is 9.36. The lowest BCUT2D eigenvalue weighted by Crippen LogP contribution is -2.59. The van der Waals surface area contributed by atoms with Crippen molar-refractivity contribution >= 4 is 18.3 Å². The minimum Gasteiger partial charge on any atom is -0.442 e. The van der Waals surface area contributed by atoms with Crippen molar-refractivity contribution in [1.82, 2.24) is 10.0 Å². The van der Waals surface area contributed by atoms with Gasteiger partial charge in [0.05, 0.1) is 12.6 Å².